The standard InChI is InChI=1S/C20H24N4O4/c1-5-14(12-25-2)22-17-10-9-13(11-21-17)20-23-19(24-28-20)15-7-6-8-16(26-3)18(15)27-4/h6-11,14H,5,12H2,1-4H3,(H,21,22)/t14-/m1/s1. The smallest absolute Gasteiger partial charge is 0.259 e. The van der Waals surface area contributed by atoms with Gasteiger partial charge in [-0.3, -0.25) is 0 Å². The fourth-order valence-corrected chi connectivity index (χ4v) is 2.79. The molecular weight excluding hydrogens is 360 g/mol. The zero-order valence-electron chi connectivity index (χ0n) is 16.4. The molecule has 0 unspecified atom stereocenters. The molecule has 3 rings (SSSR count). The molecule has 2 aromatic heterocycles. The highest BCUT2D eigenvalue weighted by atomic mass is 16.5. The summed E-state index contributed by atoms with van der Waals surface area (Å²) in [6, 6.07) is 9.48. The zero-order chi connectivity index (χ0) is 19.9. The molecule has 28 heavy (non-hydrogen) atoms. The average Bonchev–Trinajstić information content (AvgIpc) is 3.23. The number of nitrogens with zero attached hydrogens (tertiary/aromatic N) is 3. The van der Waals surface area contributed by atoms with E-state index in [1.54, 1.807) is 27.5 Å². The number of nitrogens with one attached hydrogen (secondary N) is 1. The summed E-state index contributed by atoms with van der Waals surface area (Å²) in [6.45, 7) is 2.72. The van der Waals surface area contributed by atoms with E-state index in [0.29, 0.717) is 35.4 Å². The number of hydrogen-bond donors (Lipinski definition) is 1. The van der Waals surface area contributed by atoms with Crippen LogP contribution in [0.4, 0.5) is 5.82 Å². The van der Waals surface area contributed by atoms with Crippen molar-refractivity contribution in [2.45, 2.75) is 19.4 Å². The second-order valence-corrected chi connectivity index (χ2v) is 6.10. The van der Waals surface area contributed by atoms with Crippen LogP contribution >= 0.6 is 0 Å². The Morgan fingerprint density at radius 2 is 1.96 bits per heavy atom. The average molecular weight is 384 g/mol. The number of anilines is 1. The van der Waals surface area contributed by atoms with Crippen LogP contribution in [0.2, 0.25) is 0 Å². The van der Waals surface area contributed by atoms with Crippen molar-refractivity contribution in [1.29, 1.82) is 0 Å². The molecule has 1 atom stereocenters. The van der Waals surface area contributed by atoms with Gasteiger partial charge in [0.25, 0.3) is 5.89 Å². The molecule has 0 aliphatic carbocycles. The molecular formula is C20H24N4O4. The predicted molar refractivity (Wildman–Crippen MR) is 106 cm³/mol. The molecule has 0 saturated heterocycles. The van der Waals surface area contributed by atoms with Crippen LogP contribution < -0.4 is 14.8 Å². The van der Waals surface area contributed by atoms with Gasteiger partial charge in [-0.1, -0.05) is 18.1 Å². The SMILES string of the molecule is CC[C@H](COC)Nc1ccc(-c2nc(-c3cccc(OC)c3OC)no2)cn1. The van der Waals surface area contributed by atoms with Crippen molar-refractivity contribution in [1.82, 2.24) is 15.1 Å². The summed E-state index contributed by atoms with van der Waals surface area (Å²) in [5.41, 5.74) is 1.42. The van der Waals surface area contributed by atoms with Gasteiger partial charge >= 0.3 is 0 Å². The van der Waals surface area contributed by atoms with Crippen molar-refractivity contribution in [2.24, 2.45) is 0 Å². The summed E-state index contributed by atoms with van der Waals surface area (Å²) in [6.07, 6.45) is 2.63. The maximum absolute atomic E-state index is 5.44. The molecule has 0 fully saturated rings. The van der Waals surface area contributed by atoms with Gasteiger partial charge in [0.1, 0.15) is 5.82 Å². The summed E-state index contributed by atoms with van der Waals surface area (Å²) < 4.78 is 21.4. The van der Waals surface area contributed by atoms with Gasteiger partial charge in [-0.15, -0.1) is 0 Å². The maximum Gasteiger partial charge on any atom is 0.259 e. The van der Waals surface area contributed by atoms with E-state index in [4.69, 9.17) is 18.7 Å². The molecule has 0 bridgehead atoms. The van der Waals surface area contributed by atoms with Gasteiger partial charge in [-0.25, -0.2) is 4.98 Å². The molecule has 8 heteroatoms. The molecule has 0 spiro atoms. The Labute approximate surface area is 163 Å². The number of aromatic nitrogens is 3. The second kappa shape index (κ2) is 9.18. The number of benzene rings is 1. The van der Waals surface area contributed by atoms with Gasteiger partial charge in [-0.05, 0) is 30.7 Å². The van der Waals surface area contributed by atoms with Crippen molar-refractivity contribution < 1.29 is 18.7 Å². The third-order valence-corrected chi connectivity index (χ3v) is 4.29. The number of ether oxygens (including phenoxy) is 3. The molecule has 1 N–H and O–H groups in total. The Hall–Kier alpha value is -3.13. The summed E-state index contributed by atoms with van der Waals surface area (Å²) in [7, 11) is 4.84. The van der Waals surface area contributed by atoms with Gasteiger partial charge in [0, 0.05) is 13.3 Å². The summed E-state index contributed by atoms with van der Waals surface area (Å²) in [5.74, 6) is 2.72. The number of para-hydroxylation sites is 1. The highest BCUT2D eigenvalue weighted by molar-refractivity contribution is 5.69. The van der Waals surface area contributed by atoms with Crippen molar-refractivity contribution >= 4 is 5.82 Å². The monoisotopic (exact) mass is 384 g/mol. The zero-order valence-corrected chi connectivity index (χ0v) is 16.4. The van der Waals surface area contributed by atoms with Gasteiger partial charge in [0.15, 0.2) is 11.5 Å². The topological polar surface area (TPSA) is 91.5 Å². The van der Waals surface area contributed by atoms with E-state index in [1.165, 1.54) is 0 Å². The lowest BCUT2D eigenvalue weighted by Crippen LogP contribution is -2.24. The highest BCUT2D eigenvalue weighted by Gasteiger charge is 2.18. The van der Waals surface area contributed by atoms with Crippen LogP contribution in [0.15, 0.2) is 41.1 Å². The molecule has 0 saturated carbocycles. The summed E-state index contributed by atoms with van der Waals surface area (Å²) in [5, 5.41) is 7.41. The minimum absolute atomic E-state index is 0.207. The largest absolute Gasteiger partial charge is 0.493 e. The predicted octanol–water partition coefficient (Wildman–Crippen LogP) is 3.65. The van der Waals surface area contributed by atoms with Crippen LogP contribution in [-0.2, 0) is 4.74 Å². The highest BCUT2D eigenvalue weighted by Crippen LogP contribution is 2.37. The number of methoxy groups -OCH3 is 3. The Morgan fingerprint density at radius 3 is 2.61 bits per heavy atom. The van der Waals surface area contributed by atoms with Gasteiger partial charge in [-0.2, -0.15) is 4.98 Å². The Balaban J connectivity index is 1.81. The van der Waals surface area contributed by atoms with Crippen molar-refractivity contribution in [2.75, 3.05) is 33.3 Å². The third kappa shape index (κ3) is 4.23. The number of pyridine rings is 1. The van der Waals surface area contributed by atoms with Crippen LogP contribution in [0.5, 0.6) is 11.5 Å². The molecule has 1 aromatic carbocycles. The Bertz CT molecular complexity index is 895. The fourth-order valence-electron chi connectivity index (χ4n) is 2.79. The summed E-state index contributed by atoms with van der Waals surface area (Å²) in [4.78, 5) is 8.91. The molecule has 8 nitrogen and oxygen atoms in total. The van der Waals surface area contributed by atoms with E-state index in [-0.39, 0.29) is 6.04 Å². The molecule has 148 valence electrons. The van der Waals surface area contributed by atoms with Gasteiger partial charge < -0.3 is 24.1 Å². The quantitative estimate of drug-likeness (QED) is 0.598. The lowest BCUT2D eigenvalue weighted by molar-refractivity contribution is 0.184. The molecule has 0 aliphatic heterocycles. The van der Waals surface area contributed by atoms with E-state index < -0.39 is 0 Å². The van der Waals surface area contributed by atoms with Gasteiger partial charge in [0.2, 0.25) is 5.82 Å². The molecule has 3 aromatic rings. The van der Waals surface area contributed by atoms with Crippen LogP contribution in [0.25, 0.3) is 22.8 Å². The second-order valence-electron chi connectivity index (χ2n) is 6.10. The third-order valence-electron chi connectivity index (χ3n) is 4.29. The first kappa shape index (κ1) is 19.6. The van der Waals surface area contributed by atoms with Crippen LogP contribution in [0.1, 0.15) is 13.3 Å². The molecule has 0 aliphatic rings. The lowest BCUT2D eigenvalue weighted by Gasteiger charge is -2.16. The van der Waals surface area contributed by atoms with E-state index in [0.717, 1.165) is 17.8 Å². The normalized spacial score (nSPS) is 11.9. The molecule has 0 radical (unpaired) electrons. The first-order valence-corrected chi connectivity index (χ1v) is 8.97. The van der Waals surface area contributed by atoms with Crippen LogP contribution in [0, 0.1) is 0 Å². The lowest BCUT2D eigenvalue weighted by atomic mass is 10.1. The van der Waals surface area contributed by atoms with E-state index >= 15 is 0 Å². The van der Waals surface area contributed by atoms with Crippen LogP contribution in [-0.4, -0.2) is 49.1 Å². The molecule has 0 amide bonds. The first-order chi connectivity index (χ1) is 13.7. The summed E-state index contributed by atoms with van der Waals surface area (Å²) >= 11 is 0. The number of hydrogen-bond acceptors (Lipinski definition) is 8. The Kier molecular flexibility index (Phi) is 6.44. The minimum Gasteiger partial charge on any atom is -0.493 e. The fraction of sp³-hybridized carbons (Fsp3) is 0.350. The van der Waals surface area contributed by atoms with Crippen LogP contribution in [0.3, 0.4) is 0 Å². The minimum atomic E-state index is 0.207. The Morgan fingerprint density at radius 1 is 1.11 bits per heavy atom. The molecule has 2 heterocycles. The van der Waals surface area contributed by atoms with E-state index in [2.05, 4.69) is 27.4 Å². The van der Waals surface area contributed by atoms with Gasteiger partial charge in [0.05, 0.1) is 38.0 Å². The first-order valence-electron chi connectivity index (χ1n) is 8.97. The van der Waals surface area contributed by atoms with Crippen molar-refractivity contribution in [3.05, 3.63) is 36.5 Å². The van der Waals surface area contributed by atoms with E-state index in [1.807, 2.05) is 30.3 Å². The van der Waals surface area contributed by atoms with E-state index in [9.17, 15) is 0 Å². The van der Waals surface area contributed by atoms with Crippen molar-refractivity contribution in [3.63, 3.8) is 0 Å². The maximum atomic E-state index is 5.44. The van der Waals surface area contributed by atoms with Crippen molar-refractivity contribution in [3.8, 4) is 34.3 Å². The number of rotatable bonds is 9.